The van der Waals surface area contributed by atoms with Gasteiger partial charge in [0.2, 0.25) is 5.91 Å². The van der Waals surface area contributed by atoms with Crippen LogP contribution in [0.2, 0.25) is 0 Å². The van der Waals surface area contributed by atoms with E-state index in [9.17, 15) is 27.6 Å². The largest absolute Gasteiger partial charge is 0.491 e. The van der Waals surface area contributed by atoms with E-state index in [-0.39, 0.29) is 0 Å². The molecular weight excluding hydrogens is 337 g/mol. The summed E-state index contributed by atoms with van der Waals surface area (Å²) in [5.74, 6) is -4.69. The molecule has 1 saturated heterocycles. The smallest absolute Gasteiger partial charge is 0.385 e. The summed E-state index contributed by atoms with van der Waals surface area (Å²) in [5.41, 5.74) is 0. The molecule has 0 radical (unpaired) electrons. The number of esters is 2. The van der Waals surface area contributed by atoms with Gasteiger partial charge in [-0.15, -0.1) is 0 Å². The average molecular weight is 356 g/mol. The molecule has 0 aromatic carbocycles. The van der Waals surface area contributed by atoms with Crippen molar-refractivity contribution in [1.82, 2.24) is 10.2 Å². The molecule has 0 saturated carbocycles. The predicted molar refractivity (Wildman–Crippen MR) is 77.8 cm³/mol. The Morgan fingerprint density at radius 1 is 1.30 bits per heavy atom. The maximum absolute atomic E-state index is 12.2. The van der Waals surface area contributed by atoms with Crippen LogP contribution in [0, 0.1) is 0 Å². The van der Waals surface area contributed by atoms with Crippen molar-refractivity contribution in [2.75, 3.05) is 19.6 Å². The number of alkyl halides is 3. The monoisotopic (exact) mass is 356 g/mol. The Bertz CT molecular complexity index is 476. The molecule has 23 heavy (non-hydrogen) atoms. The number of nitrogens with zero attached hydrogens (tertiary/aromatic N) is 1. The summed E-state index contributed by atoms with van der Waals surface area (Å²) in [7, 11) is 0. The van der Waals surface area contributed by atoms with E-state index in [0.29, 0.717) is 25.9 Å². The van der Waals surface area contributed by atoms with Gasteiger partial charge < -0.3 is 15.0 Å². The number of hydrogen-bond acceptors (Lipinski definition) is 6. The number of amides is 1. The lowest BCUT2D eigenvalue weighted by Crippen LogP contribution is -2.58. The Morgan fingerprint density at radius 3 is 2.22 bits per heavy atom. The van der Waals surface area contributed by atoms with E-state index in [4.69, 9.17) is 0 Å². The van der Waals surface area contributed by atoms with Crippen LogP contribution in [0.1, 0.15) is 26.7 Å². The molecule has 1 aliphatic rings. The average Bonchev–Trinajstić information content (AvgIpc) is 2.44. The third-order valence-electron chi connectivity index (χ3n) is 3.71. The normalized spacial score (nSPS) is 19.7. The van der Waals surface area contributed by atoms with Crippen molar-refractivity contribution in [3.05, 3.63) is 0 Å². The van der Waals surface area contributed by atoms with Gasteiger partial charge in [-0.05, 0) is 32.5 Å². The summed E-state index contributed by atoms with van der Waals surface area (Å²) in [6, 6.07) is -1.44. The topological polar surface area (TPSA) is 75.7 Å². The van der Waals surface area contributed by atoms with Crippen LogP contribution in [-0.2, 0) is 19.1 Å². The number of carbonyl (C=O) groups excluding carboxylic acids is 3. The first-order chi connectivity index (χ1) is 10.5. The minimum absolute atomic E-state index is 0.351. The highest BCUT2D eigenvalue weighted by Crippen LogP contribution is 2.33. The standard InChI is InChI=1S/C13H19F3N2O4S/c1-3-18-6-4-12(23,5-7-18)9(17-8(2)19)10(20)22-11(21)13(14,15)16/h9,23H,3-7H2,1-2H3,(H,17,19)/t9-/m0/s1. The molecule has 1 heterocycles. The number of thiol groups is 1. The van der Waals surface area contributed by atoms with Crippen molar-refractivity contribution < 1.29 is 32.3 Å². The number of nitrogens with one attached hydrogen (secondary N) is 1. The van der Waals surface area contributed by atoms with Gasteiger partial charge in [0.25, 0.3) is 0 Å². The minimum atomic E-state index is -5.29. The maximum atomic E-state index is 12.2. The van der Waals surface area contributed by atoms with Gasteiger partial charge in [-0.25, -0.2) is 9.59 Å². The molecule has 1 amide bonds. The van der Waals surface area contributed by atoms with Gasteiger partial charge in [0.15, 0.2) is 0 Å². The van der Waals surface area contributed by atoms with Crippen LogP contribution < -0.4 is 5.32 Å². The Balaban J connectivity index is 2.89. The van der Waals surface area contributed by atoms with Crippen molar-refractivity contribution in [2.45, 2.75) is 43.7 Å². The van der Waals surface area contributed by atoms with Crippen molar-refractivity contribution in [1.29, 1.82) is 0 Å². The predicted octanol–water partition coefficient (Wildman–Crippen LogP) is 0.907. The first kappa shape index (κ1) is 19.8. The van der Waals surface area contributed by atoms with Gasteiger partial charge in [-0.1, -0.05) is 6.92 Å². The first-order valence-electron chi connectivity index (χ1n) is 7.04. The van der Waals surface area contributed by atoms with Gasteiger partial charge in [0.05, 0.1) is 0 Å². The molecule has 1 atom stereocenters. The van der Waals surface area contributed by atoms with Crippen LogP contribution in [0.5, 0.6) is 0 Å². The molecule has 1 rings (SSSR count). The number of halogens is 3. The van der Waals surface area contributed by atoms with E-state index in [1.165, 1.54) is 0 Å². The Hall–Kier alpha value is -1.29. The highest BCUT2D eigenvalue weighted by atomic mass is 32.1. The van der Waals surface area contributed by atoms with Crippen molar-refractivity contribution in [2.24, 2.45) is 0 Å². The summed E-state index contributed by atoms with van der Waals surface area (Å²) in [6.45, 7) is 4.98. The molecule has 0 bridgehead atoms. The van der Waals surface area contributed by atoms with Crippen LogP contribution in [0.15, 0.2) is 0 Å². The number of rotatable bonds is 4. The molecule has 132 valence electrons. The fourth-order valence-corrected chi connectivity index (χ4v) is 2.74. The fraction of sp³-hybridized carbons (Fsp3) is 0.769. The zero-order valence-corrected chi connectivity index (χ0v) is 13.7. The highest BCUT2D eigenvalue weighted by Gasteiger charge is 2.48. The van der Waals surface area contributed by atoms with E-state index in [0.717, 1.165) is 13.5 Å². The van der Waals surface area contributed by atoms with E-state index < -0.39 is 34.8 Å². The Morgan fingerprint density at radius 2 is 1.83 bits per heavy atom. The molecule has 1 aliphatic heterocycles. The second-order valence-electron chi connectivity index (χ2n) is 5.38. The second kappa shape index (κ2) is 7.52. The fourth-order valence-electron chi connectivity index (χ4n) is 2.37. The van der Waals surface area contributed by atoms with E-state index in [2.05, 4.69) is 27.6 Å². The molecule has 6 nitrogen and oxygen atoms in total. The first-order valence-corrected chi connectivity index (χ1v) is 7.49. The number of ether oxygens (including phenoxy) is 1. The Kier molecular flexibility index (Phi) is 6.46. The summed E-state index contributed by atoms with van der Waals surface area (Å²) < 4.78 is 39.5. The molecular formula is C13H19F3N2O4S. The van der Waals surface area contributed by atoms with Crippen LogP contribution in [0.25, 0.3) is 0 Å². The number of hydrogen-bond donors (Lipinski definition) is 2. The van der Waals surface area contributed by atoms with Crippen LogP contribution in [0.4, 0.5) is 13.2 Å². The van der Waals surface area contributed by atoms with Gasteiger partial charge in [-0.2, -0.15) is 25.8 Å². The Labute approximate surface area is 137 Å². The summed E-state index contributed by atoms with van der Waals surface area (Å²) in [4.78, 5) is 36.2. The van der Waals surface area contributed by atoms with Gasteiger partial charge in [0, 0.05) is 11.7 Å². The van der Waals surface area contributed by atoms with Gasteiger partial charge >= 0.3 is 18.1 Å². The quantitative estimate of drug-likeness (QED) is 0.445. The molecule has 0 aromatic heterocycles. The molecule has 0 unspecified atom stereocenters. The third-order valence-corrected chi connectivity index (χ3v) is 4.42. The lowest BCUT2D eigenvalue weighted by molar-refractivity contribution is -0.202. The van der Waals surface area contributed by atoms with Gasteiger partial charge in [0.1, 0.15) is 6.04 Å². The van der Waals surface area contributed by atoms with Crippen LogP contribution in [0.3, 0.4) is 0 Å². The van der Waals surface area contributed by atoms with Crippen LogP contribution >= 0.6 is 12.6 Å². The lowest BCUT2D eigenvalue weighted by Gasteiger charge is -2.42. The van der Waals surface area contributed by atoms with Crippen molar-refractivity contribution in [3.8, 4) is 0 Å². The van der Waals surface area contributed by atoms with E-state index in [1.54, 1.807) is 0 Å². The summed E-state index contributed by atoms with van der Waals surface area (Å²) >= 11 is 4.40. The summed E-state index contributed by atoms with van der Waals surface area (Å²) in [5, 5.41) is 2.25. The number of piperidine rings is 1. The minimum Gasteiger partial charge on any atom is -0.385 e. The van der Waals surface area contributed by atoms with Crippen molar-refractivity contribution in [3.63, 3.8) is 0 Å². The van der Waals surface area contributed by atoms with Crippen LogP contribution in [-0.4, -0.2) is 59.3 Å². The molecule has 10 heteroatoms. The van der Waals surface area contributed by atoms with Gasteiger partial charge in [-0.3, -0.25) is 4.79 Å². The number of carbonyl (C=O) groups is 3. The highest BCUT2D eigenvalue weighted by molar-refractivity contribution is 7.82. The molecule has 0 aliphatic carbocycles. The zero-order chi connectivity index (χ0) is 17.8. The van der Waals surface area contributed by atoms with Crippen molar-refractivity contribution >= 4 is 30.5 Å². The molecule has 0 spiro atoms. The zero-order valence-electron chi connectivity index (χ0n) is 12.8. The van der Waals surface area contributed by atoms with E-state index in [1.807, 2.05) is 6.92 Å². The lowest BCUT2D eigenvalue weighted by atomic mass is 9.88. The molecule has 1 N–H and O–H groups in total. The maximum Gasteiger partial charge on any atom is 0.491 e. The third kappa shape index (κ3) is 5.38. The second-order valence-corrected chi connectivity index (χ2v) is 6.27. The molecule has 1 fully saturated rings. The molecule has 0 aromatic rings. The summed E-state index contributed by atoms with van der Waals surface area (Å²) in [6.07, 6.45) is -4.58. The van der Waals surface area contributed by atoms with E-state index >= 15 is 0 Å². The number of likely N-dealkylation sites (tertiary alicyclic amines) is 1. The SMILES string of the molecule is CCN1CCC(S)([C@@H](NC(C)=O)C(=O)OC(=O)C(F)(F)F)CC1.